The molecule has 1 aliphatic heterocycles. The number of rotatable bonds is 10. The van der Waals surface area contributed by atoms with Gasteiger partial charge in [-0.1, -0.05) is 87.1 Å². The summed E-state index contributed by atoms with van der Waals surface area (Å²) in [5, 5.41) is 2.16. The molecule has 0 radical (unpaired) electrons. The largest absolute Gasteiger partial charge is 0.375 e. The van der Waals surface area contributed by atoms with Crippen molar-refractivity contribution in [3.63, 3.8) is 0 Å². The highest BCUT2D eigenvalue weighted by atomic mass is 35.5. The lowest BCUT2D eigenvalue weighted by Crippen LogP contribution is -2.56. The number of carbonyl (C=O) groups excluding carboxylic acids is 3. The second-order valence-electron chi connectivity index (χ2n) is 9.12. The van der Waals surface area contributed by atoms with Gasteiger partial charge in [-0.25, -0.2) is 9.59 Å². The van der Waals surface area contributed by atoms with Gasteiger partial charge < -0.3 is 9.47 Å². The van der Waals surface area contributed by atoms with Crippen molar-refractivity contribution >= 4 is 29.4 Å². The first kappa shape index (κ1) is 36.0. The van der Waals surface area contributed by atoms with Crippen LogP contribution in [0.4, 0.5) is 4.79 Å². The molecule has 3 aromatic rings. The van der Waals surface area contributed by atoms with Gasteiger partial charge in [-0.05, 0) is 25.0 Å². The van der Waals surface area contributed by atoms with E-state index < -0.39 is 35.1 Å². The lowest BCUT2D eigenvalue weighted by atomic mass is 10.2. The average Bonchev–Trinajstić information content (AvgIpc) is 2.89. The maximum Gasteiger partial charge on any atom is 0.331 e. The zero-order valence-electron chi connectivity index (χ0n) is 22.2. The van der Waals surface area contributed by atoms with Crippen LogP contribution in [-0.4, -0.2) is 51.6 Å². The lowest BCUT2D eigenvalue weighted by Gasteiger charge is -2.30. The summed E-state index contributed by atoms with van der Waals surface area (Å²) in [6, 6.07) is 19.0. The van der Waals surface area contributed by atoms with Crippen molar-refractivity contribution in [3.8, 4) is 0 Å². The van der Waals surface area contributed by atoms with E-state index in [0.29, 0.717) is 13.2 Å². The second kappa shape index (κ2) is 17.7. The van der Waals surface area contributed by atoms with Crippen LogP contribution in [0.5, 0.6) is 0 Å². The molecule has 2 heterocycles. The fourth-order valence-electron chi connectivity index (χ4n) is 3.89. The molecule has 4 amide bonds. The van der Waals surface area contributed by atoms with Gasteiger partial charge in [0.15, 0.2) is 0 Å². The molecule has 12 heteroatoms. The third-order valence-corrected chi connectivity index (χ3v) is 6.00. The van der Waals surface area contributed by atoms with Crippen molar-refractivity contribution in [2.45, 2.75) is 60.4 Å². The van der Waals surface area contributed by atoms with E-state index in [1.807, 2.05) is 60.7 Å². The van der Waals surface area contributed by atoms with Crippen molar-refractivity contribution < 1.29 is 23.9 Å². The van der Waals surface area contributed by atoms with Crippen LogP contribution in [0.25, 0.3) is 0 Å². The fourth-order valence-corrected chi connectivity index (χ4v) is 4.07. The maximum absolute atomic E-state index is 11.7. The number of nitrogens with zero attached hydrogens (tertiary/aromatic N) is 2. The number of aromatic amines is 1. The molecule has 1 fully saturated rings. The Morgan fingerprint density at radius 2 is 1.31 bits per heavy atom. The van der Waals surface area contributed by atoms with Crippen LogP contribution in [-0.2, 0) is 32.3 Å². The maximum atomic E-state index is 11.7. The number of urea groups is 1. The van der Waals surface area contributed by atoms with Crippen LogP contribution < -0.4 is 16.6 Å². The normalized spacial score (nSPS) is 14.0. The minimum absolute atomic E-state index is 0. The zero-order valence-corrected chi connectivity index (χ0v) is 22.9. The molecular weight excluding hydrogens is 564 g/mol. The van der Waals surface area contributed by atoms with Gasteiger partial charge in [-0.2, -0.15) is 0 Å². The van der Waals surface area contributed by atoms with Crippen LogP contribution in [0.3, 0.4) is 0 Å². The van der Waals surface area contributed by atoms with Gasteiger partial charge in [-0.3, -0.25) is 34.2 Å². The lowest BCUT2D eigenvalue weighted by molar-refractivity contribution is -0.138. The predicted octanol–water partition coefficient (Wildman–Crippen LogP) is 4.30. The number of nitrogens with one attached hydrogen (secondary N) is 2. The van der Waals surface area contributed by atoms with Gasteiger partial charge in [0.05, 0.1) is 38.5 Å². The number of ether oxygens (including phenoxy) is 2. The van der Waals surface area contributed by atoms with Crippen molar-refractivity contribution in [1.82, 2.24) is 19.8 Å². The van der Waals surface area contributed by atoms with Crippen LogP contribution in [0.1, 0.15) is 52.3 Å². The van der Waals surface area contributed by atoms with Crippen LogP contribution in [0.2, 0.25) is 5.15 Å². The minimum Gasteiger partial charge on any atom is -0.375 e. The summed E-state index contributed by atoms with van der Waals surface area (Å²) in [5.41, 5.74) is 1.09. The van der Waals surface area contributed by atoms with E-state index in [1.165, 1.54) is 6.07 Å². The zero-order chi connectivity index (χ0) is 29.1. The Labute approximate surface area is 250 Å². The topological polar surface area (TPSA) is 140 Å². The molecule has 0 saturated carbocycles. The molecule has 0 aliphatic carbocycles. The quantitative estimate of drug-likeness (QED) is 0.260. The number of benzene rings is 2. The van der Waals surface area contributed by atoms with Crippen LogP contribution in [0, 0.1) is 0 Å². The molecule has 2 aromatic carbocycles. The Kier molecular flexibility index (Phi) is 15.1. The Hall–Kier alpha value is -4.06. The number of hydrogen-bond donors (Lipinski definition) is 2. The average molecular weight is 603 g/mol. The van der Waals surface area contributed by atoms with E-state index in [0.717, 1.165) is 20.6 Å². The number of carbonyl (C=O) groups is 3. The molecular formula is C30H39ClN4O7. The van der Waals surface area contributed by atoms with Crippen LogP contribution >= 0.6 is 11.6 Å². The van der Waals surface area contributed by atoms with Crippen molar-refractivity contribution in [2.24, 2.45) is 0 Å². The van der Waals surface area contributed by atoms with E-state index in [2.05, 4.69) is 10.3 Å². The molecule has 2 N–H and O–H groups in total. The molecule has 228 valence electrons. The Morgan fingerprint density at radius 1 is 0.810 bits per heavy atom. The highest BCUT2D eigenvalue weighted by Gasteiger charge is 2.34. The highest BCUT2D eigenvalue weighted by Crippen LogP contribution is 2.10. The monoisotopic (exact) mass is 602 g/mol. The summed E-state index contributed by atoms with van der Waals surface area (Å²) in [5.74, 6) is -1.05. The molecule has 1 saturated heterocycles. The molecule has 11 nitrogen and oxygen atoms in total. The van der Waals surface area contributed by atoms with Crippen molar-refractivity contribution in [3.05, 3.63) is 104 Å². The van der Waals surface area contributed by atoms with Crippen molar-refractivity contribution in [2.75, 3.05) is 13.2 Å². The van der Waals surface area contributed by atoms with Gasteiger partial charge in [0.2, 0.25) is 11.8 Å². The molecule has 0 spiro atoms. The first-order valence-corrected chi connectivity index (χ1v) is 12.9. The van der Waals surface area contributed by atoms with Crippen LogP contribution in [0.15, 0.2) is 76.3 Å². The fraction of sp³-hybridized carbons (Fsp3) is 0.367. The number of halogens is 1. The number of hydrogen-bond acceptors (Lipinski definition) is 7. The molecule has 1 aliphatic rings. The highest BCUT2D eigenvalue weighted by molar-refractivity contribution is 6.29. The first-order valence-electron chi connectivity index (χ1n) is 12.6. The van der Waals surface area contributed by atoms with Gasteiger partial charge in [0.25, 0.3) is 5.56 Å². The van der Waals surface area contributed by atoms with E-state index >= 15 is 0 Å². The molecule has 0 bridgehead atoms. The molecule has 42 heavy (non-hydrogen) atoms. The van der Waals surface area contributed by atoms with Crippen molar-refractivity contribution in [1.29, 1.82) is 0 Å². The standard InChI is InChI=1S/C14H15ClN2O3.C14H16N2O4.2CH4/c1-10(8-20-9-11-5-3-2-4-6-11)17-13(18)7-12(15)16-14(17)19;1-10(8-20-9-11-5-3-2-4-6-11)16-13(18)7-12(17)15-14(16)19;;/h2-7,10H,8-9H2,1H3,(H,16,19);2-6,10H,7-9H2,1H3,(H,15,17,19);2*1H4/t2*10-;;/m11../s1. The Bertz CT molecular complexity index is 1360. The summed E-state index contributed by atoms with van der Waals surface area (Å²) < 4.78 is 12.1. The minimum atomic E-state index is -0.679. The molecule has 0 unspecified atom stereocenters. The van der Waals surface area contributed by atoms with E-state index in [9.17, 15) is 24.0 Å². The number of amides is 4. The molecule has 2 atom stereocenters. The Morgan fingerprint density at radius 3 is 1.79 bits per heavy atom. The number of barbiturate groups is 1. The summed E-state index contributed by atoms with van der Waals surface area (Å²) >= 11 is 5.61. The summed E-state index contributed by atoms with van der Waals surface area (Å²) in [4.78, 5) is 61.2. The SMILES string of the molecule is C.C.C[C@H](COCc1ccccc1)N1C(=O)CC(=O)NC1=O.C[C@H](COCc1ccccc1)n1c(=O)cc(Cl)[nH]c1=O. The summed E-state index contributed by atoms with van der Waals surface area (Å²) in [7, 11) is 0. The van der Waals surface area contributed by atoms with Gasteiger partial charge >= 0.3 is 11.7 Å². The molecule has 1 aromatic heterocycles. The summed E-state index contributed by atoms with van der Waals surface area (Å²) in [6.45, 7) is 4.79. The molecule has 4 rings (SSSR count). The summed E-state index contributed by atoms with van der Waals surface area (Å²) in [6.07, 6.45) is -0.297. The Balaban J connectivity index is 0.000000401. The van der Waals surface area contributed by atoms with E-state index in [-0.39, 0.29) is 45.7 Å². The van der Waals surface area contributed by atoms with E-state index in [4.69, 9.17) is 21.1 Å². The number of imide groups is 2. The predicted molar refractivity (Wildman–Crippen MR) is 161 cm³/mol. The number of aromatic nitrogens is 2. The smallest absolute Gasteiger partial charge is 0.331 e. The third kappa shape index (κ3) is 10.7. The van der Waals surface area contributed by atoms with E-state index in [1.54, 1.807) is 13.8 Å². The van der Waals surface area contributed by atoms with Gasteiger partial charge in [0.1, 0.15) is 11.6 Å². The number of H-pyrrole nitrogens is 1. The second-order valence-corrected chi connectivity index (χ2v) is 9.53. The van der Waals surface area contributed by atoms with Gasteiger partial charge in [0, 0.05) is 6.07 Å². The first-order chi connectivity index (χ1) is 19.2. The van der Waals surface area contributed by atoms with Gasteiger partial charge in [-0.15, -0.1) is 0 Å². The third-order valence-electron chi connectivity index (χ3n) is 5.80.